The van der Waals surface area contributed by atoms with Crippen molar-refractivity contribution in [2.75, 3.05) is 0 Å². The molecule has 0 spiro atoms. The number of aryl methyl sites for hydroxylation is 1. The van der Waals surface area contributed by atoms with Gasteiger partial charge >= 0.3 is 0 Å². The lowest BCUT2D eigenvalue weighted by atomic mass is 9.89. The Morgan fingerprint density at radius 3 is 2.87 bits per heavy atom. The van der Waals surface area contributed by atoms with E-state index in [4.69, 9.17) is 0 Å². The van der Waals surface area contributed by atoms with Crippen molar-refractivity contribution in [3.05, 3.63) is 62.5 Å². The molecule has 2 aromatic heterocycles. The van der Waals surface area contributed by atoms with E-state index < -0.39 is 0 Å². The number of carbonyl (C=O) groups is 1. The molecule has 30 heavy (non-hydrogen) atoms. The predicted molar refractivity (Wildman–Crippen MR) is 121 cm³/mol. The first-order valence-corrected chi connectivity index (χ1v) is 11.2. The zero-order valence-corrected chi connectivity index (χ0v) is 18.3. The summed E-state index contributed by atoms with van der Waals surface area (Å²) >= 11 is 1.61. The van der Waals surface area contributed by atoms with Crippen LogP contribution in [0.3, 0.4) is 0 Å². The summed E-state index contributed by atoms with van der Waals surface area (Å²) in [5.74, 6) is 0.751. The summed E-state index contributed by atoms with van der Waals surface area (Å²) in [5, 5.41) is 4.70. The van der Waals surface area contributed by atoms with Crippen molar-refractivity contribution >= 4 is 33.7 Å². The van der Waals surface area contributed by atoms with Gasteiger partial charge in [-0.05, 0) is 47.8 Å². The van der Waals surface area contributed by atoms with Crippen LogP contribution in [0.2, 0.25) is 0 Å². The van der Waals surface area contributed by atoms with Crippen LogP contribution in [0.1, 0.15) is 54.7 Å². The molecule has 1 aromatic carbocycles. The first-order valence-electron chi connectivity index (χ1n) is 10.3. The molecule has 0 saturated heterocycles. The van der Waals surface area contributed by atoms with E-state index in [2.05, 4.69) is 48.4 Å². The predicted octanol–water partition coefficient (Wildman–Crippen LogP) is 3.86. The maximum Gasteiger partial charge on any atom is 0.262 e. The van der Waals surface area contributed by atoms with Crippen molar-refractivity contribution in [2.45, 2.75) is 52.5 Å². The fraction of sp³-hybridized carbons (Fsp3) is 0.391. The Balaban J connectivity index is 1.45. The minimum absolute atomic E-state index is 0.105. The van der Waals surface area contributed by atoms with Crippen molar-refractivity contribution in [1.82, 2.24) is 15.0 Å². The lowest BCUT2D eigenvalue weighted by molar-refractivity contribution is -0.121. The Morgan fingerprint density at radius 2 is 2.13 bits per heavy atom. The average Bonchev–Trinajstić information content (AvgIpc) is 3.08. The molecular weight excluding hydrogens is 396 g/mol. The van der Waals surface area contributed by atoms with E-state index in [1.165, 1.54) is 21.3 Å². The fourth-order valence-electron chi connectivity index (χ4n) is 3.81. The van der Waals surface area contributed by atoms with Crippen molar-refractivity contribution in [3.8, 4) is 0 Å². The van der Waals surface area contributed by atoms with Crippen LogP contribution in [0.5, 0.6) is 0 Å². The van der Waals surface area contributed by atoms with E-state index >= 15 is 0 Å². The SMILES string of the molecule is CC(C)c1ccc(C=NNC(=O)Cn2cnc3sc4c(c3c2=O)CC[C@H](C)C4)cc1. The van der Waals surface area contributed by atoms with Crippen LogP contribution in [-0.2, 0) is 24.2 Å². The number of benzene rings is 1. The Bertz CT molecular complexity index is 1160. The van der Waals surface area contributed by atoms with Crippen LogP contribution >= 0.6 is 11.3 Å². The monoisotopic (exact) mass is 422 g/mol. The van der Waals surface area contributed by atoms with Gasteiger partial charge in [-0.15, -0.1) is 11.3 Å². The third-order valence-electron chi connectivity index (χ3n) is 5.60. The minimum Gasteiger partial charge on any atom is -0.289 e. The normalized spacial score (nSPS) is 16.3. The molecule has 3 aromatic rings. The van der Waals surface area contributed by atoms with Crippen LogP contribution in [-0.4, -0.2) is 21.7 Å². The maximum absolute atomic E-state index is 13.0. The number of hydrogen-bond acceptors (Lipinski definition) is 5. The highest BCUT2D eigenvalue weighted by atomic mass is 32.1. The molecule has 0 fully saturated rings. The van der Waals surface area contributed by atoms with Gasteiger partial charge in [0, 0.05) is 4.88 Å². The van der Waals surface area contributed by atoms with E-state index in [0.29, 0.717) is 17.2 Å². The number of amides is 1. The number of rotatable bonds is 5. The number of nitrogens with zero attached hydrogens (tertiary/aromatic N) is 3. The Kier molecular flexibility index (Phi) is 5.81. The summed E-state index contributed by atoms with van der Waals surface area (Å²) in [6, 6.07) is 8.04. The largest absolute Gasteiger partial charge is 0.289 e. The molecule has 1 amide bonds. The van der Waals surface area contributed by atoms with Gasteiger partial charge in [-0.2, -0.15) is 5.10 Å². The summed E-state index contributed by atoms with van der Waals surface area (Å²) in [5.41, 5.74) is 5.64. The molecule has 1 atom stereocenters. The fourth-order valence-corrected chi connectivity index (χ4v) is 5.16. The number of thiophene rings is 1. The lowest BCUT2D eigenvalue weighted by Crippen LogP contribution is -2.30. The molecular formula is C23H26N4O2S. The van der Waals surface area contributed by atoms with Gasteiger partial charge in [0.25, 0.3) is 11.5 Å². The Labute approximate surface area is 179 Å². The van der Waals surface area contributed by atoms with Crippen LogP contribution in [0, 0.1) is 5.92 Å². The van der Waals surface area contributed by atoms with Gasteiger partial charge < -0.3 is 0 Å². The van der Waals surface area contributed by atoms with Crippen molar-refractivity contribution < 1.29 is 4.79 Å². The van der Waals surface area contributed by atoms with Gasteiger partial charge in [-0.25, -0.2) is 10.4 Å². The van der Waals surface area contributed by atoms with Gasteiger partial charge in [0.2, 0.25) is 0 Å². The number of carbonyl (C=O) groups excluding carboxylic acids is 1. The third-order valence-corrected chi connectivity index (χ3v) is 6.76. The molecule has 0 bridgehead atoms. The second kappa shape index (κ2) is 8.52. The molecule has 1 aliphatic carbocycles. The second-order valence-corrected chi connectivity index (χ2v) is 9.41. The van der Waals surface area contributed by atoms with Crippen LogP contribution in [0.4, 0.5) is 0 Å². The molecule has 0 unspecified atom stereocenters. The maximum atomic E-state index is 13.0. The summed E-state index contributed by atoms with van der Waals surface area (Å²) in [6.45, 7) is 6.42. The van der Waals surface area contributed by atoms with Crippen molar-refractivity contribution in [3.63, 3.8) is 0 Å². The molecule has 0 saturated carbocycles. The quantitative estimate of drug-likeness (QED) is 0.501. The van der Waals surface area contributed by atoms with E-state index in [-0.39, 0.29) is 18.0 Å². The zero-order valence-electron chi connectivity index (χ0n) is 17.5. The highest BCUT2D eigenvalue weighted by molar-refractivity contribution is 7.18. The second-order valence-electron chi connectivity index (χ2n) is 8.32. The van der Waals surface area contributed by atoms with Crippen LogP contribution in [0.25, 0.3) is 10.2 Å². The Hall–Kier alpha value is -2.80. The topological polar surface area (TPSA) is 76.3 Å². The first-order chi connectivity index (χ1) is 14.4. The summed E-state index contributed by atoms with van der Waals surface area (Å²) in [6.07, 6.45) is 6.06. The summed E-state index contributed by atoms with van der Waals surface area (Å²) in [7, 11) is 0. The highest BCUT2D eigenvalue weighted by Crippen LogP contribution is 2.35. The molecule has 1 N–H and O–H groups in total. The van der Waals surface area contributed by atoms with Gasteiger partial charge in [0.15, 0.2) is 0 Å². The summed E-state index contributed by atoms with van der Waals surface area (Å²) in [4.78, 5) is 31.7. The highest BCUT2D eigenvalue weighted by Gasteiger charge is 2.23. The van der Waals surface area contributed by atoms with Crippen molar-refractivity contribution in [1.29, 1.82) is 0 Å². The van der Waals surface area contributed by atoms with E-state index in [0.717, 1.165) is 35.2 Å². The number of fused-ring (bicyclic) bond motifs is 3. The zero-order chi connectivity index (χ0) is 21.3. The molecule has 156 valence electrons. The van der Waals surface area contributed by atoms with Gasteiger partial charge in [-0.3, -0.25) is 14.2 Å². The molecule has 1 aliphatic rings. The summed E-state index contributed by atoms with van der Waals surface area (Å²) < 4.78 is 1.37. The van der Waals surface area contributed by atoms with Crippen LogP contribution < -0.4 is 11.0 Å². The Morgan fingerprint density at radius 1 is 1.37 bits per heavy atom. The number of aromatic nitrogens is 2. The van der Waals surface area contributed by atoms with Gasteiger partial charge in [0.1, 0.15) is 11.4 Å². The van der Waals surface area contributed by atoms with Gasteiger partial charge in [0.05, 0.1) is 17.9 Å². The average molecular weight is 423 g/mol. The van der Waals surface area contributed by atoms with Gasteiger partial charge in [-0.1, -0.05) is 45.0 Å². The molecule has 4 rings (SSSR count). The first kappa shape index (κ1) is 20.5. The van der Waals surface area contributed by atoms with E-state index in [9.17, 15) is 9.59 Å². The molecule has 6 nitrogen and oxygen atoms in total. The van der Waals surface area contributed by atoms with E-state index in [1.54, 1.807) is 17.6 Å². The number of hydrogen-bond donors (Lipinski definition) is 1. The molecule has 0 radical (unpaired) electrons. The third kappa shape index (κ3) is 4.21. The number of hydrazone groups is 1. The van der Waals surface area contributed by atoms with Crippen LogP contribution in [0.15, 0.2) is 40.5 Å². The number of nitrogens with one attached hydrogen (secondary N) is 1. The molecule has 2 heterocycles. The standard InChI is InChI=1S/C23H26N4O2S/c1-14(2)17-7-5-16(6-8-17)11-25-26-20(28)12-27-13-24-22-21(23(27)29)18-9-4-15(3)10-19(18)30-22/h5-8,11,13-15H,4,9-10,12H2,1-3H3,(H,26,28)/t15-/m0/s1. The molecule has 7 heteroatoms. The lowest BCUT2D eigenvalue weighted by Gasteiger charge is -2.17. The molecule has 0 aliphatic heterocycles. The van der Waals surface area contributed by atoms with Crippen molar-refractivity contribution in [2.24, 2.45) is 11.0 Å². The smallest absolute Gasteiger partial charge is 0.262 e. The minimum atomic E-state index is -0.356. The van der Waals surface area contributed by atoms with E-state index in [1.807, 2.05) is 12.1 Å².